The number of carbonyl (C=O) groups excluding carboxylic acids is 1. The van der Waals surface area contributed by atoms with Crippen LogP contribution in [-0.4, -0.2) is 106 Å². The van der Waals surface area contributed by atoms with Crippen molar-refractivity contribution >= 4 is 5.97 Å². The Morgan fingerprint density at radius 2 is 0.963 bits per heavy atom. The van der Waals surface area contributed by atoms with Crippen molar-refractivity contribution in [1.82, 2.24) is 0 Å². The van der Waals surface area contributed by atoms with Crippen LogP contribution >= 0.6 is 0 Å². The van der Waals surface area contributed by atoms with Gasteiger partial charge in [-0.2, -0.15) is 0 Å². The lowest BCUT2D eigenvalue weighted by Gasteiger charge is -2.08. The first-order chi connectivity index (χ1) is 13.3. The summed E-state index contributed by atoms with van der Waals surface area (Å²) >= 11 is 0. The minimum Gasteiger partial charge on any atom is -0.467 e. The summed E-state index contributed by atoms with van der Waals surface area (Å²) in [5, 5.41) is 0. The van der Waals surface area contributed by atoms with E-state index in [4.69, 9.17) is 33.2 Å². The fraction of sp³-hybridized carbons (Fsp3) is 0.833. The molecule has 0 heterocycles. The van der Waals surface area contributed by atoms with Crippen LogP contribution in [0.1, 0.15) is 0 Å². The van der Waals surface area contributed by atoms with Gasteiger partial charge in [0.05, 0.1) is 93.0 Å². The average molecular weight is 394 g/mol. The molecule has 9 heteroatoms. The van der Waals surface area contributed by atoms with Crippen molar-refractivity contribution in [3.63, 3.8) is 0 Å². The van der Waals surface area contributed by atoms with Crippen molar-refractivity contribution in [2.45, 2.75) is 0 Å². The number of hydrogen-bond donors (Lipinski definition) is 0. The van der Waals surface area contributed by atoms with Gasteiger partial charge < -0.3 is 37.9 Å². The monoisotopic (exact) mass is 394 g/mol. The molecule has 0 atom stereocenters. The van der Waals surface area contributed by atoms with Crippen molar-refractivity contribution < 1.29 is 42.7 Å². The summed E-state index contributed by atoms with van der Waals surface area (Å²) in [6, 6.07) is 0. The smallest absolute Gasteiger partial charge is 0.331 e. The molecule has 0 aromatic heterocycles. The molecule has 0 amide bonds. The Labute approximate surface area is 161 Å². The lowest BCUT2D eigenvalue weighted by atomic mass is 10.6. The molecular formula is C18H34O9. The molecule has 0 saturated carbocycles. The summed E-state index contributed by atoms with van der Waals surface area (Å²) in [5.74, 6) is -0.401. The van der Waals surface area contributed by atoms with Gasteiger partial charge in [-0.3, -0.25) is 0 Å². The van der Waals surface area contributed by atoms with Crippen molar-refractivity contribution in [1.29, 1.82) is 0 Å². The van der Waals surface area contributed by atoms with Crippen LogP contribution in [0.2, 0.25) is 0 Å². The van der Waals surface area contributed by atoms with E-state index in [0.29, 0.717) is 85.9 Å². The van der Waals surface area contributed by atoms with E-state index in [1.165, 1.54) is 7.11 Å². The highest BCUT2D eigenvalue weighted by molar-refractivity contribution is 5.70. The zero-order chi connectivity index (χ0) is 19.8. The Bertz CT molecular complexity index is 326. The topological polar surface area (TPSA) is 90.9 Å². The quantitative estimate of drug-likeness (QED) is 0.148. The molecule has 0 aromatic carbocycles. The van der Waals surface area contributed by atoms with Crippen LogP contribution < -0.4 is 0 Å². The first-order valence-corrected chi connectivity index (χ1v) is 9.03. The third-order valence-electron chi connectivity index (χ3n) is 2.92. The number of carbonyl (C=O) groups is 1. The molecule has 0 fully saturated rings. The third-order valence-corrected chi connectivity index (χ3v) is 2.92. The Morgan fingerprint density at radius 3 is 1.30 bits per heavy atom. The first kappa shape index (κ1) is 25.9. The van der Waals surface area contributed by atoms with Gasteiger partial charge in [-0.1, -0.05) is 6.08 Å². The highest BCUT2D eigenvalue weighted by Crippen LogP contribution is 1.85. The second-order valence-electron chi connectivity index (χ2n) is 5.05. The van der Waals surface area contributed by atoms with Gasteiger partial charge in [0.2, 0.25) is 0 Å². The number of esters is 1. The number of methoxy groups -OCH3 is 1. The Kier molecular flexibility index (Phi) is 22.1. The molecule has 0 aliphatic carbocycles. The van der Waals surface area contributed by atoms with Crippen molar-refractivity contribution in [2.75, 3.05) is 99.6 Å². The van der Waals surface area contributed by atoms with Crippen molar-refractivity contribution in [2.24, 2.45) is 0 Å². The molecule has 0 N–H and O–H groups in total. The number of ether oxygens (including phenoxy) is 8. The molecular weight excluding hydrogens is 360 g/mol. The van der Waals surface area contributed by atoms with E-state index in [9.17, 15) is 4.79 Å². The molecule has 0 aliphatic rings. The summed E-state index contributed by atoms with van der Waals surface area (Å²) in [5.41, 5.74) is 0. The van der Waals surface area contributed by atoms with E-state index in [-0.39, 0.29) is 6.61 Å². The van der Waals surface area contributed by atoms with Crippen molar-refractivity contribution in [3.8, 4) is 0 Å². The lowest BCUT2D eigenvalue weighted by molar-refractivity contribution is -0.146. The van der Waals surface area contributed by atoms with Gasteiger partial charge in [-0.15, -0.1) is 6.58 Å². The predicted octanol–water partition coefficient (Wildman–Crippen LogP) is 0.462. The maximum absolute atomic E-state index is 10.8. The van der Waals surface area contributed by atoms with E-state index in [1.807, 2.05) is 0 Å². The highest BCUT2D eigenvalue weighted by Gasteiger charge is 1.99. The molecule has 27 heavy (non-hydrogen) atoms. The summed E-state index contributed by atoms with van der Waals surface area (Å²) in [4.78, 5) is 10.8. The first-order valence-electron chi connectivity index (χ1n) is 9.03. The molecule has 0 spiro atoms. The van der Waals surface area contributed by atoms with Crippen LogP contribution in [0.25, 0.3) is 0 Å². The molecule has 0 bridgehead atoms. The van der Waals surface area contributed by atoms with E-state index < -0.39 is 5.97 Å². The molecule has 0 aliphatic heterocycles. The molecule has 0 rings (SSSR count). The van der Waals surface area contributed by atoms with Crippen LogP contribution in [0, 0.1) is 0 Å². The summed E-state index contributed by atoms with van der Waals surface area (Å²) < 4.78 is 41.3. The molecule has 160 valence electrons. The normalized spacial score (nSPS) is 10.9. The highest BCUT2D eigenvalue weighted by atomic mass is 16.6. The Morgan fingerprint density at radius 1 is 0.630 bits per heavy atom. The second kappa shape index (κ2) is 23.0. The van der Waals surface area contributed by atoms with E-state index in [0.717, 1.165) is 0 Å². The summed E-state index contributed by atoms with van der Waals surface area (Å²) in [6.45, 7) is 9.93. The van der Waals surface area contributed by atoms with Crippen LogP contribution in [0.4, 0.5) is 0 Å². The third kappa shape index (κ3) is 22.9. The van der Waals surface area contributed by atoms with E-state index >= 15 is 0 Å². The van der Waals surface area contributed by atoms with Crippen molar-refractivity contribution in [3.05, 3.63) is 12.7 Å². The van der Waals surface area contributed by atoms with Gasteiger partial charge in [0, 0.05) is 0 Å². The molecule has 0 radical (unpaired) electrons. The average Bonchev–Trinajstić information content (AvgIpc) is 2.68. The minimum absolute atomic E-state index is 0.0600. The van der Waals surface area contributed by atoms with E-state index in [2.05, 4.69) is 11.3 Å². The summed E-state index contributed by atoms with van der Waals surface area (Å²) in [6.07, 6.45) is 1.70. The van der Waals surface area contributed by atoms with Gasteiger partial charge in [0.1, 0.15) is 6.61 Å². The standard InChI is InChI=1S/C18H34O9/c1-3-4-21-5-6-22-7-8-23-9-10-24-11-12-25-13-14-26-15-16-27-17-18(19)20-2/h3H,1,4-17H2,2H3. The number of hydrogen-bond acceptors (Lipinski definition) is 9. The largest absolute Gasteiger partial charge is 0.467 e. The van der Waals surface area contributed by atoms with Crippen LogP contribution in [0.5, 0.6) is 0 Å². The fourth-order valence-corrected chi connectivity index (χ4v) is 1.60. The van der Waals surface area contributed by atoms with Gasteiger partial charge in [-0.05, 0) is 0 Å². The zero-order valence-corrected chi connectivity index (χ0v) is 16.4. The van der Waals surface area contributed by atoms with Crippen LogP contribution in [0.15, 0.2) is 12.7 Å². The maximum Gasteiger partial charge on any atom is 0.331 e. The SMILES string of the molecule is C=CCOCCOCCOCCOCCOCCOCCOCC(=O)OC. The Hall–Kier alpha value is -1.07. The van der Waals surface area contributed by atoms with Gasteiger partial charge in [0.15, 0.2) is 0 Å². The predicted molar refractivity (Wildman–Crippen MR) is 97.9 cm³/mol. The maximum atomic E-state index is 10.8. The van der Waals surface area contributed by atoms with Gasteiger partial charge in [-0.25, -0.2) is 4.79 Å². The molecule has 0 saturated heterocycles. The summed E-state index contributed by atoms with van der Waals surface area (Å²) in [7, 11) is 1.32. The molecule has 0 unspecified atom stereocenters. The Balaban J connectivity index is 3.01. The second-order valence-corrected chi connectivity index (χ2v) is 5.05. The van der Waals surface area contributed by atoms with Crippen LogP contribution in [-0.2, 0) is 42.7 Å². The zero-order valence-electron chi connectivity index (χ0n) is 16.4. The van der Waals surface area contributed by atoms with Gasteiger partial charge in [0.25, 0.3) is 0 Å². The van der Waals surface area contributed by atoms with E-state index in [1.54, 1.807) is 6.08 Å². The molecule has 9 nitrogen and oxygen atoms in total. The molecule has 0 aromatic rings. The lowest BCUT2D eigenvalue weighted by Crippen LogP contribution is -2.15. The van der Waals surface area contributed by atoms with Crippen LogP contribution in [0.3, 0.4) is 0 Å². The van der Waals surface area contributed by atoms with Gasteiger partial charge >= 0.3 is 5.97 Å². The number of rotatable bonds is 22. The fourth-order valence-electron chi connectivity index (χ4n) is 1.60. The minimum atomic E-state index is -0.401.